The minimum Gasteiger partial charge on any atom is -0.508 e. The monoisotopic (exact) mass is 228 g/mol. The van der Waals surface area contributed by atoms with Crippen molar-refractivity contribution >= 4 is 0 Å². The number of hydrogen-bond acceptors (Lipinski definition) is 2. The Morgan fingerprint density at radius 1 is 0.882 bits per heavy atom. The molecule has 2 heteroatoms. The Labute approximate surface area is 101 Å². The molecule has 17 heavy (non-hydrogen) atoms. The van der Waals surface area contributed by atoms with Crippen molar-refractivity contribution in [2.45, 2.75) is 20.3 Å². The molecular formula is C15H16O2. The molecule has 0 aliphatic rings. The van der Waals surface area contributed by atoms with E-state index in [1.807, 2.05) is 32.0 Å². The Morgan fingerprint density at radius 3 is 2.29 bits per heavy atom. The molecule has 0 aliphatic carbocycles. The third-order valence-electron chi connectivity index (χ3n) is 2.98. The quantitative estimate of drug-likeness (QED) is 0.828. The molecule has 2 N–H and O–H groups in total. The molecule has 0 fully saturated rings. The highest BCUT2D eigenvalue weighted by Gasteiger charge is 2.03. The van der Waals surface area contributed by atoms with Gasteiger partial charge in [-0.2, -0.15) is 0 Å². The number of phenols is 2. The topological polar surface area (TPSA) is 40.5 Å². The predicted molar refractivity (Wildman–Crippen MR) is 68.5 cm³/mol. The average molecular weight is 228 g/mol. The Kier molecular flexibility index (Phi) is 3.05. The van der Waals surface area contributed by atoms with Crippen LogP contribution in [-0.4, -0.2) is 10.2 Å². The summed E-state index contributed by atoms with van der Waals surface area (Å²) in [5.74, 6) is 0.629. The highest BCUT2D eigenvalue weighted by atomic mass is 16.3. The second kappa shape index (κ2) is 4.50. The van der Waals surface area contributed by atoms with E-state index in [2.05, 4.69) is 0 Å². The van der Waals surface area contributed by atoms with Gasteiger partial charge >= 0.3 is 0 Å². The van der Waals surface area contributed by atoms with Crippen LogP contribution in [0.25, 0.3) is 0 Å². The van der Waals surface area contributed by atoms with E-state index < -0.39 is 0 Å². The van der Waals surface area contributed by atoms with Gasteiger partial charge < -0.3 is 10.2 Å². The summed E-state index contributed by atoms with van der Waals surface area (Å²) in [5, 5.41) is 18.8. The van der Waals surface area contributed by atoms with Gasteiger partial charge in [-0.25, -0.2) is 0 Å². The molecule has 0 saturated heterocycles. The molecule has 0 heterocycles. The minimum absolute atomic E-state index is 0.299. The predicted octanol–water partition coefficient (Wildman–Crippen LogP) is 3.31. The first kappa shape index (κ1) is 11.5. The van der Waals surface area contributed by atoms with Crippen molar-refractivity contribution in [3.63, 3.8) is 0 Å². The highest BCUT2D eigenvalue weighted by Crippen LogP contribution is 2.22. The van der Waals surface area contributed by atoms with Gasteiger partial charge in [-0.05, 0) is 60.7 Å². The van der Waals surface area contributed by atoms with E-state index in [1.165, 1.54) is 5.56 Å². The lowest BCUT2D eigenvalue weighted by Crippen LogP contribution is -1.92. The summed E-state index contributed by atoms with van der Waals surface area (Å²) in [6.45, 7) is 3.88. The molecule has 0 radical (unpaired) electrons. The molecule has 0 spiro atoms. The van der Waals surface area contributed by atoms with E-state index in [0.717, 1.165) is 23.1 Å². The molecule has 0 aromatic heterocycles. The third-order valence-corrected chi connectivity index (χ3v) is 2.98. The van der Waals surface area contributed by atoms with Crippen LogP contribution in [0.1, 0.15) is 22.3 Å². The molecule has 0 amide bonds. The SMILES string of the molecule is Cc1cc(Cc2ccc(O)cc2C)ccc1O. The normalized spacial score (nSPS) is 10.5. The molecule has 0 atom stereocenters. The fourth-order valence-corrected chi connectivity index (χ4v) is 1.93. The highest BCUT2D eigenvalue weighted by molar-refractivity contribution is 5.40. The fourth-order valence-electron chi connectivity index (χ4n) is 1.93. The van der Waals surface area contributed by atoms with Gasteiger partial charge in [0, 0.05) is 0 Å². The first-order valence-electron chi connectivity index (χ1n) is 5.63. The Hall–Kier alpha value is -1.96. The van der Waals surface area contributed by atoms with E-state index in [1.54, 1.807) is 18.2 Å². The summed E-state index contributed by atoms with van der Waals surface area (Å²) in [6, 6.07) is 11.0. The molecule has 0 unspecified atom stereocenters. The molecule has 2 aromatic rings. The average Bonchev–Trinajstić information content (AvgIpc) is 2.27. The van der Waals surface area contributed by atoms with Crippen molar-refractivity contribution in [3.8, 4) is 11.5 Å². The van der Waals surface area contributed by atoms with E-state index in [4.69, 9.17) is 0 Å². The van der Waals surface area contributed by atoms with Gasteiger partial charge in [0.1, 0.15) is 11.5 Å². The zero-order valence-electron chi connectivity index (χ0n) is 10.1. The molecule has 2 nitrogen and oxygen atoms in total. The van der Waals surface area contributed by atoms with E-state index in [-0.39, 0.29) is 0 Å². The lowest BCUT2D eigenvalue weighted by molar-refractivity contribution is 0.471. The van der Waals surface area contributed by atoms with E-state index in [9.17, 15) is 10.2 Å². The molecule has 0 saturated carbocycles. The third kappa shape index (κ3) is 2.59. The molecule has 2 rings (SSSR count). The van der Waals surface area contributed by atoms with Crippen molar-refractivity contribution in [3.05, 3.63) is 58.7 Å². The van der Waals surface area contributed by atoms with Crippen LogP contribution in [0.15, 0.2) is 36.4 Å². The zero-order chi connectivity index (χ0) is 12.4. The summed E-state index contributed by atoms with van der Waals surface area (Å²) in [4.78, 5) is 0. The van der Waals surface area contributed by atoms with Crippen LogP contribution in [-0.2, 0) is 6.42 Å². The largest absolute Gasteiger partial charge is 0.508 e. The van der Waals surface area contributed by atoms with Crippen LogP contribution in [0.4, 0.5) is 0 Å². The van der Waals surface area contributed by atoms with Gasteiger partial charge in [0.25, 0.3) is 0 Å². The second-order valence-corrected chi connectivity index (χ2v) is 4.41. The maximum absolute atomic E-state index is 9.47. The second-order valence-electron chi connectivity index (χ2n) is 4.41. The maximum atomic E-state index is 9.47. The van der Waals surface area contributed by atoms with Gasteiger partial charge in [0.2, 0.25) is 0 Å². The van der Waals surface area contributed by atoms with Crippen molar-refractivity contribution in [1.29, 1.82) is 0 Å². The van der Waals surface area contributed by atoms with Gasteiger partial charge in [0.05, 0.1) is 0 Å². The number of rotatable bonds is 2. The molecular weight excluding hydrogens is 212 g/mol. The van der Waals surface area contributed by atoms with Gasteiger partial charge in [-0.1, -0.05) is 18.2 Å². The first-order valence-corrected chi connectivity index (χ1v) is 5.63. The van der Waals surface area contributed by atoms with Crippen LogP contribution < -0.4 is 0 Å². The van der Waals surface area contributed by atoms with Crippen LogP contribution in [0.2, 0.25) is 0 Å². The first-order chi connectivity index (χ1) is 8.06. The summed E-state index contributed by atoms with van der Waals surface area (Å²) in [5.41, 5.74) is 4.32. The Balaban J connectivity index is 2.28. The van der Waals surface area contributed by atoms with E-state index >= 15 is 0 Å². The molecule has 88 valence electrons. The Bertz CT molecular complexity index is 545. The summed E-state index contributed by atoms with van der Waals surface area (Å²) in [7, 11) is 0. The van der Waals surface area contributed by atoms with Crippen molar-refractivity contribution in [2.24, 2.45) is 0 Å². The summed E-state index contributed by atoms with van der Waals surface area (Å²) < 4.78 is 0. The molecule has 0 bridgehead atoms. The lowest BCUT2D eigenvalue weighted by atomic mass is 9.99. The Morgan fingerprint density at radius 2 is 1.65 bits per heavy atom. The van der Waals surface area contributed by atoms with Crippen LogP contribution in [0.3, 0.4) is 0 Å². The van der Waals surface area contributed by atoms with Crippen molar-refractivity contribution in [1.82, 2.24) is 0 Å². The standard InChI is InChI=1S/C15H16O2/c1-10-8-14(16)5-4-13(10)9-12-3-6-15(17)11(2)7-12/h3-8,16-17H,9H2,1-2H3. The number of hydrogen-bond donors (Lipinski definition) is 2. The summed E-state index contributed by atoms with van der Waals surface area (Å²) >= 11 is 0. The van der Waals surface area contributed by atoms with E-state index in [0.29, 0.717) is 11.5 Å². The van der Waals surface area contributed by atoms with Crippen molar-refractivity contribution in [2.75, 3.05) is 0 Å². The smallest absolute Gasteiger partial charge is 0.118 e. The van der Waals surface area contributed by atoms with Gasteiger partial charge in [-0.15, -0.1) is 0 Å². The number of phenolic OH excluding ortho intramolecular Hbond substituents is 2. The van der Waals surface area contributed by atoms with Crippen LogP contribution in [0, 0.1) is 13.8 Å². The fraction of sp³-hybridized carbons (Fsp3) is 0.200. The van der Waals surface area contributed by atoms with Crippen LogP contribution >= 0.6 is 0 Å². The zero-order valence-corrected chi connectivity index (χ0v) is 10.1. The number of aromatic hydroxyl groups is 2. The molecule has 2 aromatic carbocycles. The summed E-state index contributed by atoms with van der Waals surface area (Å²) in [6.07, 6.45) is 0.813. The van der Waals surface area contributed by atoms with Crippen molar-refractivity contribution < 1.29 is 10.2 Å². The lowest BCUT2D eigenvalue weighted by Gasteiger charge is -2.08. The number of aryl methyl sites for hydroxylation is 2. The molecule has 0 aliphatic heterocycles. The van der Waals surface area contributed by atoms with Gasteiger partial charge in [0.15, 0.2) is 0 Å². The minimum atomic E-state index is 0.299. The maximum Gasteiger partial charge on any atom is 0.118 e. The van der Waals surface area contributed by atoms with Gasteiger partial charge in [-0.3, -0.25) is 0 Å². The number of benzene rings is 2. The van der Waals surface area contributed by atoms with Crippen LogP contribution in [0.5, 0.6) is 11.5 Å².